The van der Waals surface area contributed by atoms with Crippen LogP contribution in [0.2, 0.25) is 0 Å². The molecule has 0 aliphatic carbocycles. The van der Waals surface area contributed by atoms with Gasteiger partial charge in [0.1, 0.15) is 12.6 Å². The highest BCUT2D eigenvalue weighted by Gasteiger charge is 2.26. The van der Waals surface area contributed by atoms with Crippen molar-refractivity contribution in [2.75, 3.05) is 26.6 Å². The predicted octanol–water partition coefficient (Wildman–Crippen LogP) is 3.60. The van der Waals surface area contributed by atoms with Crippen molar-refractivity contribution in [3.05, 3.63) is 48.0 Å². The lowest BCUT2D eigenvalue weighted by molar-refractivity contribution is -0.119. The van der Waals surface area contributed by atoms with Crippen LogP contribution in [0.1, 0.15) is 19.4 Å². The molecular weight excluding hydrogens is 388 g/mol. The Labute approximate surface area is 176 Å². The molecule has 2 rings (SSSR count). The van der Waals surface area contributed by atoms with Gasteiger partial charge in [0.25, 0.3) is 0 Å². The van der Waals surface area contributed by atoms with Crippen LogP contribution in [0.25, 0.3) is 0 Å². The van der Waals surface area contributed by atoms with Crippen LogP contribution in [-0.2, 0) is 16.1 Å². The summed E-state index contributed by atoms with van der Waals surface area (Å²) in [4.78, 5) is 25.0. The minimum absolute atomic E-state index is 0.117. The zero-order chi connectivity index (χ0) is 22.1. The number of carbonyl (C=O) groups excluding carboxylic acids is 2. The molecule has 0 heterocycles. The van der Waals surface area contributed by atoms with Crippen LogP contribution in [0.5, 0.6) is 17.2 Å². The van der Waals surface area contributed by atoms with Gasteiger partial charge in [-0.1, -0.05) is 44.2 Å². The Morgan fingerprint density at radius 1 is 0.933 bits per heavy atom. The molecule has 2 aromatic carbocycles. The molecule has 8 heteroatoms. The van der Waals surface area contributed by atoms with Gasteiger partial charge in [-0.15, -0.1) is 0 Å². The van der Waals surface area contributed by atoms with Crippen molar-refractivity contribution in [1.29, 1.82) is 0 Å². The number of carbonyl (C=O) groups is 2. The first-order chi connectivity index (χ1) is 14.4. The van der Waals surface area contributed by atoms with E-state index in [0.29, 0.717) is 22.9 Å². The maximum absolute atomic E-state index is 12.8. The normalized spacial score (nSPS) is 11.4. The molecule has 0 aromatic heterocycles. The van der Waals surface area contributed by atoms with Crippen molar-refractivity contribution in [2.45, 2.75) is 26.5 Å². The van der Waals surface area contributed by atoms with E-state index in [1.165, 1.54) is 21.3 Å². The van der Waals surface area contributed by atoms with E-state index >= 15 is 0 Å². The minimum Gasteiger partial charge on any atom is -0.493 e. The molecule has 162 valence electrons. The summed E-state index contributed by atoms with van der Waals surface area (Å²) in [5, 5.41) is 5.40. The van der Waals surface area contributed by atoms with E-state index < -0.39 is 18.0 Å². The van der Waals surface area contributed by atoms with Crippen LogP contribution in [0, 0.1) is 5.92 Å². The zero-order valence-corrected chi connectivity index (χ0v) is 17.9. The van der Waals surface area contributed by atoms with Gasteiger partial charge in [0.15, 0.2) is 11.5 Å². The minimum atomic E-state index is -0.799. The molecule has 0 saturated heterocycles. The van der Waals surface area contributed by atoms with Gasteiger partial charge in [-0.05, 0) is 11.5 Å². The molecule has 1 atom stereocenters. The Bertz CT molecular complexity index is 829. The van der Waals surface area contributed by atoms with Crippen molar-refractivity contribution >= 4 is 17.7 Å². The summed E-state index contributed by atoms with van der Waals surface area (Å²) in [6.45, 7) is 3.78. The van der Waals surface area contributed by atoms with Gasteiger partial charge in [0, 0.05) is 17.8 Å². The standard InChI is InChI=1S/C22H28N2O6/c1-14(2)19(24-22(26)30-13-15-9-7-6-8-10-15)21(25)23-16-11-17(27-3)20(29-5)18(12-16)28-4/h6-12,14,19H,13H2,1-5H3,(H,23,25)(H,24,26)/t19-/m0/s1. The first kappa shape index (κ1) is 22.9. The van der Waals surface area contributed by atoms with E-state index in [1.807, 2.05) is 44.2 Å². The molecule has 2 amide bonds. The third-order valence-corrected chi connectivity index (χ3v) is 4.37. The molecular formula is C22H28N2O6. The van der Waals surface area contributed by atoms with Crippen LogP contribution in [-0.4, -0.2) is 39.4 Å². The first-order valence-electron chi connectivity index (χ1n) is 9.47. The molecule has 0 fully saturated rings. The van der Waals surface area contributed by atoms with Gasteiger partial charge < -0.3 is 29.6 Å². The highest BCUT2D eigenvalue weighted by atomic mass is 16.5. The lowest BCUT2D eigenvalue weighted by Crippen LogP contribution is -2.47. The summed E-state index contributed by atoms with van der Waals surface area (Å²) in [6, 6.07) is 11.7. The van der Waals surface area contributed by atoms with Crippen LogP contribution < -0.4 is 24.8 Å². The number of nitrogens with one attached hydrogen (secondary N) is 2. The predicted molar refractivity (Wildman–Crippen MR) is 113 cm³/mol. The second-order valence-corrected chi connectivity index (χ2v) is 6.83. The maximum Gasteiger partial charge on any atom is 0.408 e. The van der Waals surface area contributed by atoms with E-state index in [2.05, 4.69) is 10.6 Å². The number of anilines is 1. The number of hydrogen-bond acceptors (Lipinski definition) is 6. The molecule has 0 radical (unpaired) electrons. The van der Waals surface area contributed by atoms with E-state index in [4.69, 9.17) is 18.9 Å². The van der Waals surface area contributed by atoms with Gasteiger partial charge in [-0.2, -0.15) is 0 Å². The van der Waals surface area contributed by atoms with Gasteiger partial charge in [0.2, 0.25) is 11.7 Å². The summed E-state index contributed by atoms with van der Waals surface area (Å²) < 4.78 is 21.1. The first-order valence-corrected chi connectivity index (χ1v) is 9.47. The Morgan fingerprint density at radius 2 is 1.53 bits per heavy atom. The number of alkyl carbamates (subject to hydrolysis) is 1. The average molecular weight is 416 g/mol. The number of rotatable bonds is 9. The van der Waals surface area contributed by atoms with Crippen molar-refractivity contribution in [3.63, 3.8) is 0 Å². The maximum atomic E-state index is 12.8. The molecule has 8 nitrogen and oxygen atoms in total. The van der Waals surface area contributed by atoms with Crippen LogP contribution in [0.4, 0.5) is 10.5 Å². The Kier molecular flexibility index (Phi) is 8.34. The van der Waals surface area contributed by atoms with Crippen LogP contribution in [0.15, 0.2) is 42.5 Å². The highest BCUT2D eigenvalue weighted by molar-refractivity contribution is 5.97. The molecule has 0 aliphatic heterocycles. The fourth-order valence-corrected chi connectivity index (χ4v) is 2.80. The lowest BCUT2D eigenvalue weighted by atomic mass is 10.0. The third kappa shape index (κ3) is 6.04. The van der Waals surface area contributed by atoms with Gasteiger partial charge in [0.05, 0.1) is 21.3 Å². The average Bonchev–Trinajstić information content (AvgIpc) is 2.75. The number of amides is 2. The number of ether oxygens (including phenoxy) is 4. The number of methoxy groups -OCH3 is 3. The fraction of sp³-hybridized carbons (Fsp3) is 0.364. The smallest absolute Gasteiger partial charge is 0.408 e. The summed E-state index contributed by atoms with van der Waals surface area (Å²) in [5.74, 6) is 0.667. The topological polar surface area (TPSA) is 95.1 Å². The van der Waals surface area contributed by atoms with Crippen LogP contribution >= 0.6 is 0 Å². The SMILES string of the molecule is COc1cc(NC(=O)[C@@H](NC(=O)OCc2ccccc2)C(C)C)cc(OC)c1OC. The lowest BCUT2D eigenvalue weighted by Gasteiger charge is -2.22. The highest BCUT2D eigenvalue weighted by Crippen LogP contribution is 2.40. The largest absolute Gasteiger partial charge is 0.493 e. The zero-order valence-electron chi connectivity index (χ0n) is 17.9. The molecule has 0 bridgehead atoms. The van der Waals surface area contributed by atoms with Gasteiger partial charge in [-0.25, -0.2) is 4.79 Å². The van der Waals surface area contributed by atoms with Gasteiger partial charge >= 0.3 is 6.09 Å². The summed E-state index contributed by atoms with van der Waals surface area (Å²) >= 11 is 0. The Morgan fingerprint density at radius 3 is 2.03 bits per heavy atom. The molecule has 0 unspecified atom stereocenters. The third-order valence-electron chi connectivity index (χ3n) is 4.37. The number of hydrogen-bond donors (Lipinski definition) is 2. The van der Waals surface area contributed by atoms with E-state index in [0.717, 1.165) is 5.56 Å². The quantitative estimate of drug-likeness (QED) is 0.649. The monoisotopic (exact) mass is 416 g/mol. The van der Waals surface area contributed by atoms with Crippen LogP contribution in [0.3, 0.4) is 0 Å². The molecule has 30 heavy (non-hydrogen) atoms. The number of benzene rings is 2. The molecule has 0 aliphatic rings. The summed E-state index contributed by atoms with van der Waals surface area (Å²) in [6.07, 6.45) is -0.669. The van der Waals surface area contributed by atoms with E-state index in [9.17, 15) is 9.59 Å². The fourth-order valence-electron chi connectivity index (χ4n) is 2.80. The van der Waals surface area contributed by atoms with Crippen molar-refractivity contribution in [2.24, 2.45) is 5.92 Å². The van der Waals surface area contributed by atoms with Crippen molar-refractivity contribution in [3.8, 4) is 17.2 Å². The van der Waals surface area contributed by atoms with Crippen molar-refractivity contribution < 1.29 is 28.5 Å². The van der Waals surface area contributed by atoms with Gasteiger partial charge in [-0.3, -0.25) is 4.79 Å². The van der Waals surface area contributed by atoms with E-state index in [-0.39, 0.29) is 12.5 Å². The Hall–Kier alpha value is -3.42. The molecule has 2 aromatic rings. The molecule has 0 saturated carbocycles. The summed E-state index contributed by atoms with van der Waals surface area (Å²) in [7, 11) is 4.48. The second-order valence-electron chi connectivity index (χ2n) is 6.83. The second kappa shape index (κ2) is 10.9. The summed E-state index contributed by atoms with van der Waals surface area (Å²) in [5.41, 5.74) is 1.30. The molecule has 0 spiro atoms. The Balaban J connectivity index is 2.07. The van der Waals surface area contributed by atoms with E-state index in [1.54, 1.807) is 12.1 Å². The molecule has 2 N–H and O–H groups in total. The van der Waals surface area contributed by atoms with Crippen molar-refractivity contribution in [1.82, 2.24) is 5.32 Å².